The molecule has 0 saturated heterocycles. The fourth-order valence-electron chi connectivity index (χ4n) is 3.40. The van der Waals surface area contributed by atoms with E-state index in [2.05, 4.69) is 15.5 Å². The predicted molar refractivity (Wildman–Crippen MR) is 115 cm³/mol. The van der Waals surface area contributed by atoms with Crippen LogP contribution < -0.4 is 5.32 Å². The maximum atomic E-state index is 12.7. The third-order valence-electron chi connectivity index (χ3n) is 4.89. The average molecular weight is 410 g/mol. The number of oxime groups is 1. The monoisotopic (exact) mass is 410 g/mol. The Kier molecular flexibility index (Phi) is 5.46. The first kappa shape index (κ1) is 19.4. The summed E-state index contributed by atoms with van der Waals surface area (Å²) in [6, 6.07) is 7.82. The van der Waals surface area contributed by atoms with Gasteiger partial charge in [0.15, 0.2) is 0 Å². The molecule has 1 aliphatic carbocycles. The molecule has 0 atom stereocenters. The van der Waals surface area contributed by atoms with Crippen LogP contribution >= 0.6 is 11.3 Å². The molecule has 0 spiro atoms. The first-order chi connectivity index (χ1) is 14.1. The largest absolute Gasteiger partial charge is 0.460 e. The Morgan fingerprint density at radius 1 is 1.34 bits per heavy atom. The van der Waals surface area contributed by atoms with Crippen molar-refractivity contribution in [2.45, 2.75) is 12.8 Å². The van der Waals surface area contributed by atoms with Crippen molar-refractivity contribution in [1.29, 1.82) is 0 Å². The van der Waals surface area contributed by atoms with Gasteiger partial charge in [0.05, 0.1) is 16.1 Å². The fourth-order valence-corrected chi connectivity index (χ4v) is 4.42. The van der Waals surface area contributed by atoms with Crippen LogP contribution in [0.25, 0.3) is 10.1 Å². The minimum atomic E-state index is -0.341. The summed E-state index contributed by atoms with van der Waals surface area (Å²) in [4.78, 5) is 19.4. The number of benzene rings is 1. The zero-order chi connectivity index (χ0) is 20.4. The second kappa shape index (κ2) is 8.18. The van der Waals surface area contributed by atoms with E-state index in [-0.39, 0.29) is 5.97 Å². The lowest BCUT2D eigenvalue weighted by Crippen LogP contribution is -2.20. The minimum Gasteiger partial charge on any atom is -0.460 e. The molecular weight excluding hydrogens is 388 g/mol. The van der Waals surface area contributed by atoms with Gasteiger partial charge < -0.3 is 20.2 Å². The second-order valence-corrected chi connectivity index (χ2v) is 8.21. The standard InChI is InChI=1S/C21H22N4O3S/c1-25(2)9-10-28-21(26)20-19(16-7-8-22-12-18(16)29-20)23-14-4-5-15-13(11-14)3-6-17(15)24-27/h4-5,7-8,11-12,23,27H,3,6,9-10H2,1-2H3. The number of likely N-dealkylation sites (N-methyl/N-ethyl adjacent to an activating group) is 1. The van der Waals surface area contributed by atoms with Gasteiger partial charge in [0.25, 0.3) is 0 Å². The number of ether oxygens (including phenoxy) is 1. The normalized spacial score (nSPS) is 14.5. The molecule has 1 aromatic carbocycles. The molecular formula is C21H22N4O3S. The molecule has 150 valence electrons. The number of nitrogens with zero attached hydrogens (tertiary/aromatic N) is 3. The Bertz CT molecular complexity index is 1090. The summed E-state index contributed by atoms with van der Waals surface area (Å²) in [6.45, 7) is 1.00. The maximum absolute atomic E-state index is 12.7. The van der Waals surface area contributed by atoms with Gasteiger partial charge in [-0.3, -0.25) is 4.98 Å². The summed E-state index contributed by atoms with van der Waals surface area (Å²) >= 11 is 1.37. The number of fused-ring (bicyclic) bond motifs is 2. The van der Waals surface area contributed by atoms with Gasteiger partial charge in [-0.1, -0.05) is 11.2 Å². The molecule has 4 rings (SSSR count). The summed E-state index contributed by atoms with van der Waals surface area (Å²) < 4.78 is 6.40. The van der Waals surface area contributed by atoms with E-state index in [1.807, 2.05) is 43.3 Å². The van der Waals surface area contributed by atoms with Crippen molar-refractivity contribution in [2.24, 2.45) is 5.16 Å². The van der Waals surface area contributed by atoms with Gasteiger partial charge in [0, 0.05) is 35.6 Å². The minimum absolute atomic E-state index is 0.333. The van der Waals surface area contributed by atoms with Crippen molar-refractivity contribution >= 4 is 44.5 Å². The van der Waals surface area contributed by atoms with E-state index < -0.39 is 0 Å². The summed E-state index contributed by atoms with van der Waals surface area (Å²) in [5.41, 5.74) is 4.42. The van der Waals surface area contributed by atoms with Gasteiger partial charge >= 0.3 is 5.97 Å². The molecule has 0 aliphatic heterocycles. The number of hydrogen-bond acceptors (Lipinski definition) is 8. The number of esters is 1. The zero-order valence-electron chi connectivity index (χ0n) is 16.3. The highest BCUT2D eigenvalue weighted by molar-refractivity contribution is 7.21. The van der Waals surface area contributed by atoms with Crippen LogP contribution in [-0.4, -0.2) is 54.0 Å². The van der Waals surface area contributed by atoms with Gasteiger partial charge in [0.1, 0.15) is 11.5 Å². The molecule has 0 bridgehead atoms. The van der Waals surface area contributed by atoms with Gasteiger partial charge in [-0.2, -0.15) is 0 Å². The topological polar surface area (TPSA) is 87.0 Å². The molecule has 0 amide bonds. The van der Waals surface area contributed by atoms with Crippen LogP contribution in [0, 0.1) is 0 Å². The third kappa shape index (κ3) is 3.94. The van der Waals surface area contributed by atoms with E-state index in [0.717, 1.165) is 45.4 Å². The number of aryl methyl sites for hydroxylation is 1. The van der Waals surface area contributed by atoms with Gasteiger partial charge in [0.2, 0.25) is 0 Å². The number of hydrogen-bond donors (Lipinski definition) is 2. The number of carbonyl (C=O) groups excluding carboxylic acids is 1. The number of anilines is 2. The molecule has 2 N–H and O–H groups in total. The summed E-state index contributed by atoms with van der Waals surface area (Å²) in [5.74, 6) is -0.341. The SMILES string of the molecule is CN(C)CCOC(=O)c1sc2cnccc2c1Nc1ccc2c(c1)CCC2=NO. The quantitative estimate of drug-likeness (QED) is 0.364. The highest BCUT2D eigenvalue weighted by atomic mass is 32.1. The average Bonchev–Trinajstić information content (AvgIpc) is 3.29. The highest BCUT2D eigenvalue weighted by Gasteiger charge is 2.22. The van der Waals surface area contributed by atoms with Crippen LogP contribution in [0.4, 0.5) is 11.4 Å². The lowest BCUT2D eigenvalue weighted by molar-refractivity contribution is 0.0488. The maximum Gasteiger partial charge on any atom is 0.350 e. The van der Waals surface area contributed by atoms with Crippen molar-refractivity contribution in [3.05, 3.63) is 52.7 Å². The summed E-state index contributed by atoms with van der Waals surface area (Å²) in [7, 11) is 3.87. The molecule has 1 aliphatic rings. The molecule has 0 unspecified atom stereocenters. The van der Waals surface area contributed by atoms with Crippen molar-refractivity contribution in [1.82, 2.24) is 9.88 Å². The number of thiophene rings is 1. The van der Waals surface area contributed by atoms with Crippen LogP contribution in [0.15, 0.2) is 41.8 Å². The molecule has 3 aromatic rings. The number of rotatable bonds is 6. The van der Waals surface area contributed by atoms with Crippen LogP contribution in [0.1, 0.15) is 27.2 Å². The van der Waals surface area contributed by atoms with Crippen molar-refractivity contribution < 1.29 is 14.7 Å². The fraction of sp³-hybridized carbons (Fsp3) is 0.286. The van der Waals surface area contributed by atoms with E-state index in [0.29, 0.717) is 23.7 Å². The Hall–Kier alpha value is -2.97. The van der Waals surface area contributed by atoms with Gasteiger partial charge in [-0.05, 0) is 50.7 Å². The molecule has 29 heavy (non-hydrogen) atoms. The summed E-state index contributed by atoms with van der Waals surface area (Å²) in [6.07, 6.45) is 5.03. The van der Waals surface area contributed by atoms with E-state index in [4.69, 9.17) is 9.94 Å². The second-order valence-electron chi connectivity index (χ2n) is 7.16. The molecule has 8 heteroatoms. The first-order valence-corrected chi connectivity index (χ1v) is 10.2. The van der Waals surface area contributed by atoms with Crippen molar-refractivity contribution in [3.63, 3.8) is 0 Å². The zero-order valence-corrected chi connectivity index (χ0v) is 17.1. The van der Waals surface area contributed by atoms with Crippen LogP contribution in [0.3, 0.4) is 0 Å². The molecule has 0 fully saturated rings. The molecule has 2 heterocycles. The summed E-state index contributed by atoms with van der Waals surface area (Å²) in [5, 5.41) is 16.8. The Balaban J connectivity index is 1.65. The molecule has 2 aromatic heterocycles. The lowest BCUT2D eigenvalue weighted by atomic mass is 10.1. The highest BCUT2D eigenvalue weighted by Crippen LogP contribution is 2.38. The van der Waals surface area contributed by atoms with Gasteiger partial charge in [-0.15, -0.1) is 11.3 Å². The van der Waals surface area contributed by atoms with E-state index >= 15 is 0 Å². The number of aromatic nitrogens is 1. The lowest BCUT2D eigenvalue weighted by Gasteiger charge is -2.12. The van der Waals surface area contributed by atoms with Crippen LogP contribution in [-0.2, 0) is 11.2 Å². The van der Waals surface area contributed by atoms with Crippen LogP contribution in [0.2, 0.25) is 0 Å². The van der Waals surface area contributed by atoms with E-state index in [9.17, 15) is 4.79 Å². The number of pyridine rings is 1. The number of carbonyl (C=O) groups is 1. The van der Waals surface area contributed by atoms with Crippen molar-refractivity contribution in [3.8, 4) is 0 Å². The number of nitrogens with one attached hydrogen (secondary N) is 1. The van der Waals surface area contributed by atoms with E-state index in [1.54, 1.807) is 12.4 Å². The predicted octanol–water partition coefficient (Wildman–Crippen LogP) is 3.88. The Labute approximate surface area is 172 Å². The molecule has 0 saturated carbocycles. The van der Waals surface area contributed by atoms with E-state index in [1.165, 1.54) is 11.3 Å². The smallest absolute Gasteiger partial charge is 0.350 e. The first-order valence-electron chi connectivity index (χ1n) is 9.36. The third-order valence-corrected chi connectivity index (χ3v) is 6.01. The molecule has 0 radical (unpaired) electrons. The van der Waals surface area contributed by atoms with Crippen molar-refractivity contribution in [2.75, 3.05) is 32.6 Å². The Morgan fingerprint density at radius 2 is 2.21 bits per heavy atom. The van der Waals surface area contributed by atoms with Gasteiger partial charge in [-0.25, -0.2) is 4.79 Å². The Morgan fingerprint density at radius 3 is 3.00 bits per heavy atom. The molecule has 7 nitrogen and oxygen atoms in total. The van der Waals surface area contributed by atoms with Crippen LogP contribution in [0.5, 0.6) is 0 Å².